The topological polar surface area (TPSA) is 89.6 Å². The highest BCUT2D eigenvalue weighted by atomic mass is 32.2. The zero-order chi connectivity index (χ0) is 17.3. The van der Waals surface area contributed by atoms with E-state index in [4.69, 9.17) is 0 Å². The number of nitrogens with zero attached hydrogens (tertiary/aromatic N) is 4. The first-order valence-electron chi connectivity index (χ1n) is 6.67. The molecule has 1 aromatic rings. The average Bonchev–Trinajstić information content (AvgIpc) is 2.99. The van der Waals surface area contributed by atoms with Crippen LogP contribution in [0, 0.1) is 0 Å². The number of piperazine rings is 1. The predicted octanol–water partition coefficient (Wildman–Crippen LogP) is 0.330. The number of urea groups is 1. The van der Waals surface area contributed by atoms with Crippen LogP contribution < -0.4 is 0 Å². The van der Waals surface area contributed by atoms with Crippen LogP contribution in [0.4, 0.5) is 18.0 Å². The Morgan fingerprint density at radius 2 is 1.96 bits per heavy atom. The van der Waals surface area contributed by atoms with E-state index in [1.807, 2.05) is 0 Å². The minimum atomic E-state index is -4.48. The molecule has 12 heteroatoms. The highest BCUT2D eigenvalue weighted by molar-refractivity contribution is 7.89. The zero-order valence-electron chi connectivity index (χ0n) is 12.2. The van der Waals surface area contributed by atoms with Gasteiger partial charge in [0, 0.05) is 33.2 Å². The molecular weight excluding hydrogens is 339 g/mol. The fraction of sp³-hybridized carbons (Fsp3) is 0.636. The van der Waals surface area contributed by atoms with E-state index >= 15 is 0 Å². The third-order valence-corrected chi connectivity index (χ3v) is 5.17. The molecule has 0 aliphatic carbocycles. The number of hydrogen-bond acceptors (Lipinski definition) is 4. The molecule has 0 unspecified atom stereocenters. The third-order valence-electron chi connectivity index (χ3n) is 3.35. The van der Waals surface area contributed by atoms with Crippen molar-refractivity contribution in [3.63, 3.8) is 0 Å². The summed E-state index contributed by atoms with van der Waals surface area (Å²) >= 11 is 0. The van der Waals surface area contributed by atoms with Gasteiger partial charge in [-0.1, -0.05) is 0 Å². The quantitative estimate of drug-likeness (QED) is 0.846. The summed E-state index contributed by atoms with van der Waals surface area (Å²) in [5, 5.41) is 5.87. The van der Waals surface area contributed by atoms with Gasteiger partial charge < -0.3 is 9.80 Å². The van der Waals surface area contributed by atoms with Crippen LogP contribution in [0.15, 0.2) is 17.3 Å². The fourth-order valence-corrected chi connectivity index (χ4v) is 3.55. The van der Waals surface area contributed by atoms with Crippen molar-refractivity contribution in [3.8, 4) is 0 Å². The molecule has 2 heterocycles. The molecule has 1 N–H and O–H groups in total. The summed E-state index contributed by atoms with van der Waals surface area (Å²) in [6.07, 6.45) is -3.17. The molecule has 0 spiro atoms. The number of halogens is 3. The van der Waals surface area contributed by atoms with Gasteiger partial charge in [0.15, 0.2) is 5.03 Å². The smallest absolute Gasteiger partial charge is 0.322 e. The van der Waals surface area contributed by atoms with E-state index in [9.17, 15) is 26.4 Å². The summed E-state index contributed by atoms with van der Waals surface area (Å²) in [5.41, 5.74) is 0. The summed E-state index contributed by atoms with van der Waals surface area (Å²) in [6, 6.07) is 0.533. The van der Waals surface area contributed by atoms with Gasteiger partial charge in [-0.25, -0.2) is 13.2 Å². The number of aromatic nitrogens is 2. The van der Waals surface area contributed by atoms with Crippen molar-refractivity contribution in [1.82, 2.24) is 24.3 Å². The lowest BCUT2D eigenvalue weighted by atomic mass is 10.4. The maximum atomic E-state index is 12.3. The van der Waals surface area contributed by atoms with Gasteiger partial charge in [0.1, 0.15) is 6.54 Å². The molecule has 8 nitrogen and oxygen atoms in total. The van der Waals surface area contributed by atoms with Crippen molar-refractivity contribution in [2.45, 2.75) is 11.2 Å². The Labute approximate surface area is 130 Å². The molecule has 0 atom stereocenters. The first-order valence-corrected chi connectivity index (χ1v) is 8.11. The number of H-pyrrole nitrogens is 1. The van der Waals surface area contributed by atoms with E-state index < -0.39 is 28.8 Å². The number of aromatic amines is 1. The Hall–Kier alpha value is -1.82. The SMILES string of the molecule is CN(CC(F)(F)F)C(=O)N1CCN(S(=O)(=O)c2ccn[nH]2)CC1. The van der Waals surface area contributed by atoms with E-state index in [1.54, 1.807) is 0 Å². The van der Waals surface area contributed by atoms with Crippen molar-refractivity contribution in [2.75, 3.05) is 39.8 Å². The van der Waals surface area contributed by atoms with Gasteiger partial charge in [-0.2, -0.15) is 22.6 Å². The number of nitrogens with one attached hydrogen (secondary N) is 1. The molecule has 0 aromatic carbocycles. The highest BCUT2D eigenvalue weighted by Gasteiger charge is 2.35. The molecule has 23 heavy (non-hydrogen) atoms. The Morgan fingerprint density at radius 1 is 1.35 bits per heavy atom. The van der Waals surface area contributed by atoms with Crippen molar-refractivity contribution in [1.29, 1.82) is 0 Å². The molecule has 0 radical (unpaired) electrons. The van der Waals surface area contributed by atoms with Crippen molar-refractivity contribution in [3.05, 3.63) is 12.3 Å². The molecule has 1 aromatic heterocycles. The molecule has 2 amide bonds. The Morgan fingerprint density at radius 3 is 2.43 bits per heavy atom. The van der Waals surface area contributed by atoms with Gasteiger partial charge in [0.2, 0.25) is 0 Å². The van der Waals surface area contributed by atoms with Crippen LogP contribution in [0.5, 0.6) is 0 Å². The first kappa shape index (κ1) is 17.5. The minimum absolute atomic E-state index is 0.00690. The third kappa shape index (κ3) is 4.13. The summed E-state index contributed by atoms with van der Waals surface area (Å²) in [5.74, 6) is 0. The van der Waals surface area contributed by atoms with E-state index in [-0.39, 0.29) is 31.2 Å². The molecule has 0 saturated carbocycles. The molecule has 1 aliphatic heterocycles. The normalized spacial score (nSPS) is 17.3. The van der Waals surface area contributed by atoms with Gasteiger partial charge in [-0.15, -0.1) is 0 Å². The predicted molar refractivity (Wildman–Crippen MR) is 73.0 cm³/mol. The average molecular weight is 355 g/mol. The van der Waals surface area contributed by atoms with Crippen molar-refractivity contribution >= 4 is 16.1 Å². The highest BCUT2D eigenvalue weighted by Crippen LogP contribution is 2.18. The van der Waals surface area contributed by atoms with E-state index in [2.05, 4.69) is 10.2 Å². The summed E-state index contributed by atoms with van der Waals surface area (Å²) in [7, 11) is -2.67. The zero-order valence-corrected chi connectivity index (χ0v) is 13.1. The van der Waals surface area contributed by atoms with Gasteiger partial charge in [0.25, 0.3) is 10.0 Å². The molecular formula is C11H16F3N5O3S. The second kappa shape index (κ2) is 6.35. The number of hydrogen-bond donors (Lipinski definition) is 1. The van der Waals surface area contributed by atoms with Gasteiger partial charge >= 0.3 is 12.2 Å². The lowest BCUT2D eigenvalue weighted by Gasteiger charge is -2.35. The molecule has 0 bridgehead atoms. The summed E-state index contributed by atoms with van der Waals surface area (Å²) < 4.78 is 62.5. The van der Waals surface area contributed by atoms with E-state index in [0.717, 1.165) is 11.4 Å². The standard InChI is InChI=1S/C11H16F3N5O3S/c1-17(8-11(12,13)14)10(20)18-4-6-19(7-5-18)23(21,22)9-2-3-15-16-9/h2-3H,4-8H2,1H3,(H,15,16). The van der Waals surface area contributed by atoms with Gasteiger partial charge in [0.05, 0.1) is 6.20 Å². The Kier molecular flexibility index (Phi) is 4.84. The van der Waals surface area contributed by atoms with Crippen LogP contribution in [0.2, 0.25) is 0 Å². The van der Waals surface area contributed by atoms with E-state index in [0.29, 0.717) is 4.90 Å². The molecule has 130 valence electrons. The first-order chi connectivity index (χ1) is 10.6. The molecule has 2 rings (SSSR count). The largest absolute Gasteiger partial charge is 0.406 e. The Bertz CT molecular complexity index is 638. The lowest BCUT2D eigenvalue weighted by Crippen LogP contribution is -2.54. The number of sulfonamides is 1. The Balaban J connectivity index is 1.95. The lowest BCUT2D eigenvalue weighted by molar-refractivity contribution is -0.138. The number of carbonyl (C=O) groups excluding carboxylic acids is 1. The van der Waals surface area contributed by atoms with Crippen LogP contribution in [-0.2, 0) is 10.0 Å². The van der Waals surface area contributed by atoms with Crippen molar-refractivity contribution in [2.24, 2.45) is 0 Å². The number of alkyl halides is 3. The van der Waals surface area contributed by atoms with Gasteiger partial charge in [-0.05, 0) is 6.07 Å². The fourth-order valence-electron chi connectivity index (χ4n) is 2.22. The molecule has 1 saturated heterocycles. The van der Waals surface area contributed by atoms with Crippen molar-refractivity contribution < 1.29 is 26.4 Å². The maximum Gasteiger partial charge on any atom is 0.406 e. The van der Waals surface area contributed by atoms with Crippen LogP contribution in [-0.4, -0.2) is 84.7 Å². The maximum absolute atomic E-state index is 12.3. The second-order valence-electron chi connectivity index (χ2n) is 5.07. The van der Waals surface area contributed by atoms with Crippen LogP contribution in [0.1, 0.15) is 0 Å². The summed E-state index contributed by atoms with van der Waals surface area (Å²) in [6.45, 7) is -1.29. The molecule has 1 aliphatic rings. The van der Waals surface area contributed by atoms with Crippen LogP contribution >= 0.6 is 0 Å². The van der Waals surface area contributed by atoms with Gasteiger partial charge in [-0.3, -0.25) is 5.10 Å². The molecule has 1 fully saturated rings. The number of amides is 2. The van der Waals surface area contributed by atoms with Crippen LogP contribution in [0.25, 0.3) is 0 Å². The second-order valence-corrected chi connectivity index (χ2v) is 6.97. The summed E-state index contributed by atoms with van der Waals surface area (Å²) in [4.78, 5) is 13.7. The van der Waals surface area contributed by atoms with Crippen LogP contribution in [0.3, 0.4) is 0 Å². The number of carbonyl (C=O) groups is 1. The number of rotatable bonds is 3. The minimum Gasteiger partial charge on any atom is -0.322 e. The monoisotopic (exact) mass is 355 g/mol. The van der Waals surface area contributed by atoms with E-state index in [1.165, 1.54) is 17.2 Å².